The van der Waals surface area contributed by atoms with Crippen molar-refractivity contribution < 1.29 is 22.7 Å². The number of sulfone groups is 1. The van der Waals surface area contributed by atoms with Gasteiger partial charge < -0.3 is 10.1 Å². The zero-order chi connectivity index (χ0) is 14.5. The van der Waals surface area contributed by atoms with Crippen LogP contribution >= 0.6 is 0 Å². The maximum atomic E-state index is 11.9. The summed E-state index contributed by atoms with van der Waals surface area (Å²) >= 11 is 0. The number of rotatable bonds is 5. The van der Waals surface area contributed by atoms with Gasteiger partial charge in [-0.25, -0.2) is 13.2 Å². The molecule has 1 aromatic rings. The van der Waals surface area contributed by atoms with Crippen LogP contribution in [0.3, 0.4) is 0 Å². The predicted molar refractivity (Wildman–Crippen MR) is 68.5 cm³/mol. The Kier molecular flexibility index (Phi) is 5.05. The molecule has 0 fully saturated rings. The molecule has 0 aromatic heterocycles. The van der Waals surface area contributed by atoms with Gasteiger partial charge in [-0.2, -0.15) is 0 Å². The number of amides is 1. The molecule has 0 saturated carbocycles. The molecule has 1 aromatic carbocycles. The number of carbonyl (C=O) groups excluding carboxylic acids is 2. The van der Waals surface area contributed by atoms with Crippen LogP contribution in [0, 0.1) is 0 Å². The normalized spacial score (nSPS) is 10.8. The molecule has 0 radical (unpaired) electrons. The van der Waals surface area contributed by atoms with E-state index in [1.165, 1.54) is 31.4 Å². The molecule has 104 valence electrons. The molecule has 7 heteroatoms. The van der Waals surface area contributed by atoms with E-state index >= 15 is 0 Å². The van der Waals surface area contributed by atoms with E-state index in [0.717, 1.165) is 0 Å². The first-order chi connectivity index (χ1) is 8.90. The number of carbonyl (C=O) groups is 2. The highest BCUT2D eigenvalue weighted by Crippen LogP contribution is 2.13. The maximum Gasteiger partial charge on any atom is 0.337 e. The zero-order valence-corrected chi connectivity index (χ0v) is 11.5. The lowest BCUT2D eigenvalue weighted by Crippen LogP contribution is -2.30. The predicted octanol–water partition coefficient (Wildman–Crippen LogP) is 0.383. The highest BCUT2D eigenvalue weighted by atomic mass is 32.2. The van der Waals surface area contributed by atoms with E-state index in [0.29, 0.717) is 6.54 Å². The first-order valence-corrected chi connectivity index (χ1v) is 7.23. The van der Waals surface area contributed by atoms with Crippen molar-refractivity contribution in [1.29, 1.82) is 0 Å². The van der Waals surface area contributed by atoms with E-state index in [1.807, 2.05) is 0 Å². The van der Waals surface area contributed by atoms with Gasteiger partial charge in [-0.1, -0.05) is 0 Å². The minimum atomic E-state index is -3.70. The van der Waals surface area contributed by atoms with Gasteiger partial charge in [-0.05, 0) is 31.2 Å². The van der Waals surface area contributed by atoms with Crippen LogP contribution in [-0.2, 0) is 19.4 Å². The van der Waals surface area contributed by atoms with Gasteiger partial charge in [0.25, 0.3) is 0 Å². The van der Waals surface area contributed by atoms with Crippen LogP contribution < -0.4 is 5.32 Å². The van der Waals surface area contributed by atoms with Gasteiger partial charge in [0, 0.05) is 6.54 Å². The average Bonchev–Trinajstić information content (AvgIpc) is 2.37. The highest BCUT2D eigenvalue weighted by Gasteiger charge is 2.19. The standard InChI is InChI=1S/C12H15NO5S/c1-3-13-11(14)8-19(16,17)10-6-4-9(5-7-10)12(15)18-2/h4-7H,3,8H2,1-2H3,(H,13,14). The number of methoxy groups -OCH3 is 1. The van der Waals surface area contributed by atoms with Crippen LogP contribution in [0.4, 0.5) is 0 Å². The summed E-state index contributed by atoms with van der Waals surface area (Å²) in [5.41, 5.74) is 0.249. The summed E-state index contributed by atoms with van der Waals surface area (Å²) in [4.78, 5) is 22.5. The van der Waals surface area contributed by atoms with Crippen molar-refractivity contribution in [2.24, 2.45) is 0 Å². The third-order valence-electron chi connectivity index (χ3n) is 2.33. The fourth-order valence-corrected chi connectivity index (χ4v) is 2.58. The minimum absolute atomic E-state index is 0.00796. The number of hydrogen-bond donors (Lipinski definition) is 1. The average molecular weight is 285 g/mol. The molecule has 0 saturated heterocycles. The van der Waals surface area contributed by atoms with Crippen LogP contribution in [0.2, 0.25) is 0 Å². The molecule has 19 heavy (non-hydrogen) atoms. The Hall–Kier alpha value is -1.89. The lowest BCUT2D eigenvalue weighted by Gasteiger charge is -2.05. The molecule has 1 N–H and O–H groups in total. The Labute approximate surface area is 111 Å². The molecular formula is C12H15NO5S. The summed E-state index contributed by atoms with van der Waals surface area (Å²) in [6.45, 7) is 2.07. The van der Waals surface area contributed by atoms with E-state index < -0.39 is 27.5 Å². The SMILES string of the molecule is CCNC(=O)CS(=O)(=O)c1ccc(C(=O)OC)cc1. The van der Waals surface area contributed by atoms with Gasteiger partial charge in [0.2, 0.25) is 5.91 Å². The summed E-state index contributed by atoms with van der Waals surface area (Å²) in [6, 6.07) is 5.24. The third kappa shape index (κ3) is 4.06. The molecular weight excluding hydrogens is 270 g/mol. The molecule has 0 aliphatic heterocycles. The minimum Gasteiger partial charge on any atom is -0.465 e. The van der Waals surface area contributed by atoms with Crippen molar-refractivity contribution in [3.63, 3.8) is 0 Å². The lowest BCUT2D eigenvalue weighted by molar-refractivity contribution is -0.118. The monoisotopic (exact) mass is 285 g/mol. The number of benzene rings is 1. The van der Waals surface area contributed by atoms with Crippen molar-refractivity contribution in [2.75, 3.05) is 19.4 Å². The lowest BCUT2D eigenvalue weighted by atomic mass is 10.2. The molecule has 0 aliphatic rings. The number of nitrogens with one attached hydrogen (secondary N) is 1. The molecule has 0 unspecified atom stereocenters. The number of hydrogen-bond acceptors (Lipinski definition) is 5. The van der Waals surface area contributed by atoms with Crippen LogP contribution in [0.25, 0.3) is 0 Å². The topological polar surface area (TPSA) is 89.5 Å². The number of ether oxygens (including phenoxy) is 1. The van der Waals surface area contributed by atoms with Crippen molar-refractivity contribution >= 4 is 21.7 Å². The summed E-state index contributed by atoms with van der Waals surface area (Å²) in [6.07, 6.45) is 0. The molecule has 6 nitrogen and oxygen atoms in total. The van der Waals surface area contributed by atoms with E-state index in [9.17, 15) is 18.0 Å². The largest absolute Gasteiger partial charge is 0.465 e. The quantitative estimate of drug-likeness (QED) is 0.790. The summed E-state index contributed by atoms with van der Waals surface area (Å²) in [5, 5.41) is 2.42. The second-order valence-corrected chi connectivity index (χ2v) is 5.72. The molecule has 0 aliphatic carbocycles. The van der Waals surface area contributed by atoms with E-state index in [2.05, 4.69) is 10.1 Å². The van der Waals surface area contributed by atoms with E-state index in [4.69, 9.17) is 0 Å². The molecule has 0 atom stereocenters. The summed E-state index contributed by atoms with van der Waals surface area (Å²) < 4.78 is 28.3. The van der Waals surface area contributed by atoms with E-state index in [1.54, 1.807) is 6.92 Å². The van der Waals surface area contributed by atoms with Gasteiger partial charge in [0.15, 0.2) is 9.84 Å². The second-order valence-electron chi connectivity index (χ2n) is 3.73. The first kappa shape index (κ1) is 15.2. The molecule has 0 heterocycles. The van der Waals surface area contributed by atoms with Crippen molar-refractivity contribution in [1.82, 2.24) is 5.32 Å². The number of esters is 1. The Morgan fingerprint density at radius 2 is 1.79 bits per heavy atom. The van der Waals surface area contributed by atoms with Crippen LogP contribution in [0.1, 0.15) is 17.3 Å². The smallest absolute Gasteiger partial charge is 0.337 e. The molecule has 1 amide bonds. The van der Waals surface area contributed by atoms with Crippen molar-refractivity contribution in [3.05, 3.63) is 29.8 Å². The first-order valence-electron chi connectivity index (χ1n) is 5.58. The van der Waals surface area contributed by atoms with Gasteiger partial charge >= 0.3 is 5.97 Å². The van der Waals surface area contributed by atoms with Gasteiger partial charge in [0.05, 0.1) is 17.6 Å². The van der Waals surface area contributed by atoms with E-state index in [-0.39, 0.29) is 10.5 Å². The summed E-state index contributed by atoms with van der Waals surface area (Å²) in [5.74, 6) is -1.72. The van der Waals surface area contributed by atoms with Gasteiger partial charge in [-0.3, -0.25) is 4.79 Å². The van der Waals surface area contributed by atoms with Gasteiger partial charge in [-0.15, -0.1) is 0 Å². The third-order valence-corrected chi connectivity index (χ3v) is 3.96. The van der Waals surface area contributed by atoms with Crippen LogP contribution in [0.5, 0.6) is 0 Å². The fraction of sp³-hybridized carbons (Fsp3) is 0.333. The molecule has 0 bridgehead atoms. The molecule has 1 rings (SSSR count). The van der Waals surface area contributed by atoms with Crippen molar-refractivity contribution in [2.45, 2.75) is 11.8 Å². The van der Waals surface area contributed by atoms with Crippen LogP contribution in [0.15, 0.2) is 29.2 Å². The Morgan fingerprint density at radius 3 is 2.26 bits per heavy atom. The summed E-state index contributed by atoms with van der Waals surface area (Å²) in [7, 11) is -2.46. The Balaban J connectivity index is 2.91. The van der Waals surface area contributed by atoms with Gasteiger partial charge in [0.1, 0.15) is 5.75 Å². The van der Waals surface area contributed by atoms with Crippen molar-refractivity contribution in [3.8, 4) is 0 Å². The molecule has 0 spiro atoms. The van der Waals surface area contributed by atoms with Crippen LogP contribution in [-0.4, -0.2) is 39.7 Å². The maximum absolute atomic E-state index is 11.9. The Morgan fingerprint density at radius 1 is 1.21 bits per heavy atom. The highest BCUT2D eigenvalue weighted by molar-refractivity contribution is 7.92. The zero-order valence-electron chi connectivity index (χ0n) is 10.7. The Bertz CT molecular complexity index is 562. The fourth-order valence-electron chi connectivity index (χ4n) is 1.42. The second kappa shape index (κ2) is 6.33.